The lowest BCUT2D eigenvalue weighted by molar-refractivity contribution is -0.523. The van der Waals surface area contributed by atoms with Gasteiger partial charge >= 0.3 is 0 Å². The van der Waals surface area contributed by atoms with Gasteiger partial charge in [-0.25, -0.2) is 9.48 Å². The maximum atomic E-state index is 2.51. The fourth-order valence-electron chi connectivity index (χ4n) is 1.55. The molecule has 0 amide bonds. The molecule has 9 heavy (non-hydrogen) atoms. The Bertz CT molecular complexity index is 162. The number of fused-ring (bicyclic) bond motifs is 1. The second-order valence-corrected chi connectivity index (χ2v) is 3.11. The summed E-state index contributed by atoms with van der Waals surface area (Å²) in [5.74, 6) is 0. The van der Waals surface area contributed by atoms with Gasteiger partial charge in [0, 0.05) is 12.5 Å². The van der Waals surface area contributed by atoms with Crippen LogP contribution in [-0.4, -0.2) is 41.5 Å². The van der Waals surface area contributed by atoms with Crippen molar-refractivity contribution in [1.29, 1.82) is 0 Å². The Balaban J connectivity index is 2.17. The molecule has 2 aliphatic heterocycles. The van der Waals surface area contributed by atoms with E-state index in [0.29, 0.717) is 0 Å². The Kier molecular flexibility index (Phi) is 0.943. The average molecular weight is 125 g/mol. The van der Waals surface area contributed by atoms with Crippen LogP contribution in [0.5, 0.6) is 0 Å². The Hall–Kier alpha value is -0.370. The van der Waals surface area contributed by atoms with Crippen molar-refractivity contribution in [3.8, 4) is 0 Å². The Morgan fingerprint density at radius 1 is 1.67 bits per heavy atom. The molecule has 2 unspecified atom stereocenters. The van der Waals surface area contributed by atoms with Crippen molar-refractivity contribution in [2.45, 2.75) is 25.6 Å². The van der Waals surface area contributed by atoms with Crippen molar-refractivity contribution in [2.24, 2.45) is 0 Å². The Morgan fingerprint density at radius 2 is 2.44 bits per heavy atom. The molecule has 0 aromatic carbocycles. The third kappa shape index (κ3) is 0.697. The van der Waals surface area contributed by atoms with Gasteiger partial charge in [0.25, 0.3) is 0 Å². The minimum Gasteiger partial charge on any atom is -0.233 e. The second-order valence-electron chi connectivity index (χ2n) is 3.11. The predicted octanol–water partition coefficient (Wildman–Crippen LogP) is 0.133. The SMILES string of the molecule is C[C@@H]1CC=[N+](C)C2CN21. The number of hydrogen-bond acceptors (Lipinski definition) is 1. The topological polar surface area (TPSA) is 6.02 Å². The standard InChI is InChI=1S/C7H13N2/c1-6-3-4-8(2)7-5-9(6)7/h4,6-7H,3,5H2,1-2H3/q+1/t6-,7?,9?/m1/s1. The molecule has 2 heterocycles. The monoisotopic (exact) mass is 125 g/mol. The molecule has 0 spiro atoms. The van der Waals surface area contributed by atoms with Gasteiger partial charge in [-0.1, -0.05) is 0 Å². The zero-order valence-electron chi connectivity index (χ0n) is 6.04. The zero-order valence-corrected chi connectivity index (χ0v) is 6.04. The maximum absolute atomic E-state index is 2.51. The van der Waals surface area contributed by atoms with Crippen LogP contribution >= 0.6 is 0 Å². The first-order valence-electron chi connectivity index (χ1n) is 3.60. The summed E-state index contributed by atoms with van der Waals surface area (Å²) in [4.78, 5) is 2.51. The molecule has 0 aliphatic carbocycles. The van der Waals surface area contributed by atoms with Gasteiger partial charge in [-0.05, 0) is 6.92 Å². The van der Waals surface area contributed by atoms with Crippen LogP contribution < -0.4 is 0 Å². The summed E-state index contributed by atoms with van der Waals surface area (Å²) in [5.41, 5.74) is 0. The zero-order chi connectivity index (χ0) is 6.43. The van der Waals surface area contributed by atoms with Crippen LogP contribution in [0, 0.1) is 0 Å². The Labute approximate surface area is 55.8 Å². The van der Waals surface area contributed by atoms with Gasteiger partial charge in [-0.15, -0.1) is 0 Å². The molecular formula is C7H13N2+. The van der Waals surface area contributed by atoms with E-state index in [2.05, 4.69) is 29.7 Å². The quantitative estimate of drug-likeness (QED) is 0.329. The van der Waals surface area contributed by atoms with E-state index in [-0.39, 0.29) is 0 Å². The van der Waals surface area contributed by atoms with Gasteiger partial charge < -0.3 is 0 Å². The van der Waals surface area contributed by atoms with E-state index in [0.717, 1.165) is 12.2 Å². The van der Waals surface area contributed by atoms with Gasteiger partial charge in [0.2, 0.25) is 6.17 Å². The van der Waals surface area contributed by atoms with E-state index in [9.17, 15) is 0 Å². The summed E-state index contributed by atoms with van der Waals surface area (Å²) in [7, 11) is 2.16. The van der Waals surface area contributed by atoms with Gasteiger partial charge in [-0.3, -0.25) is 0 Å². The molecule has 0 bridgehead atoms. The van der Waals surface area contributed by atoms with Crippen molar-refractivity contribution >= 4 is 6.21 Å². The molecule has 0 aromatic heterocycles. The van der Waals surface area contributed by atoms with Crippen LogP contribution in [0.1, 0.15) is 13.3 Å². The molecule has 0 N–H and O–H groups in total. The van der Waals surface area contributed by atoms with Gasteiger partial charge in [0.05, 0.1) is 6.54 Å². The van der Waals surface area contributed by atoms with Gasteiger partial charge in [0.15, 0.2) is 0 Å². The first kappa shape index (κ1) is 5.42. The molecule has 0 saturated carbocycles. The van der Waals surface area contributed by atoms with E-state index in [1.807, 2.05) is 0 Å². The highest BCUT2D eigenvalue weighted by atomic mass is 15.5. The molecule has 2 heteroatoms. The summed E-state index contributed by atoms with van der Waals surface area (Å²) in [6.45, 7) is 3.58. The van der Waals surface area contributed by atoms with Crippen LogP contribution in [0.25, 0.3) is 0 Å². The van der Waals surface area contributed by atoms with Crippen LogP contribution in [-0.2, 0) is 0 Å². The van der Waals surface area contributed by atoms with E-state index in [4.69, 9.17) is 0 Å². The highest BCUT2D eigenvalue weighted by Crippen LogP contribution is 2.25. The number of rotatable bonds is 0. The molecule has 1 saturated heterocycles. The van der Waals surface area contributed by atoms with Crippen molar-refractivity contribution in [3.63, 3.8) is 0 Å². The fourth-order valence-corrected chi connectivity index (χ4v) is 1.55. The first-order valence-corrected chi connectivity index (χ1v) is 3.60. The number of hydrogen-bond donors (Lipinski definition) is 0. The lowest BCUT2D eigenvalue weighted by Gasteiger charge is -2.12. The summed E-state index contributed by atoms with van der Waals surface area (Å²) >= 11 is 0. The van der Waals surface area contributed by atoms with E-state index in [1.165, 1.54) is 13.0 Å². The van der Waals surface area contributed by atoms with Crippen molar-refractivity contribution < 1.29 is 4.58 Å². The van der Waals surface area contributed by atoms with Crippen molar-refractivity contribution in [2.75, 3.05) is 13.6 Å². The number of likely N-dealkylation sites (N-methyl/N-ethyl adjacent to an activating group) is 1. The number of nitrogens with zero attached hydrogens (tertiary/aromatic N) is 2. The molecule has 2 aliphatic rings. The average Bonchev–Trinajstić information content (AvgIpc) is 2.57. The molecule has 3 atom stereocenters. The van der Waals surface area contributed by atoms with Gasteiger partial charge in [0.1, 0.15) is 13.3 Å². The minimum absolute atomic E-state index is 0.758. The predicted molar refractivity (Wildman–Crippen MR) is 36.8 cm³/mol. The highest BCUT2D eigenvalue weighted by molar-refractivity contribution is 5.53. The highest BCUT2D eigenvalue weighted by Gasteiger charge is 2.47. The summed E-state index contributed by atoms with van der Waals surface area (Å²) in [6.07, 6.45) is 4.29. The third-order valence-corrected chi connectivity index (χ3v) is 2.39. The lowest BCUT2D eigenvalue weighted by atomic mass is 10.2. The summed E-state index contributed by atoms with van der Waals surface area (Å²) < 4.78 is 2.32. The van der Waals surface area contributed by atoms with E-state index < -0.39 is 0 Å². The maximum Gasteiger partial charge on any atom is 0.222 e. The van der Waals surface area contributed by atoms with Crippen molar-refractivity contribution in [3.05, 3.63) is 0 Å². The normalized spacial score (nSPS) is 47.8. The second kappa shape index (κ2) is 1.57. The molecule has 2 rings (SSSR count). The van der Waals surface area contributed by atoms with Crippen LogP contribution in [0.3, 0.4) is 0 Å². The van der Waals surface area contributed by atoms with E-state index in [1.54, 1.807) is 0 Å². The minimum atomic E-state index is 0.758. The van der Waals surface area contributed by atoms with Crippen molar-refractivity contribution in [1.82, 2.24) is 4.90 Å². The third-order valence-electron chi connectivity index (χ3n) is 2.39. The molecule has 0 aromatic rings. The fraction of sp³-hybridized carbons (Fsp3) is 0.857. The smallest absolute Gasteiger partial charge is 0.222 e. The molecule has 50 valence electrons. The molecule has 1 fully saturated rings. The van der Waals surface area contributed by atoms with Gasteiger partial charge in [-0.2, -0.15) is 0 Å². The first-order chi connectivity index (χ1) is 4.29. The Morgan fingerprint density at radius 3 is 3.11 bits per heavy atom. The lowest BCUT2D eigenvalue weighted by Crippen LogP contribution is -2.29. The molecule has 2 nitrogen and oxygen atoms in total. The van der Waals surface area contributed by atoms with E-state index >= 15 is 0 Å². The molecule has 0 radical (unpaired) electrons. The van der Waals surface area contributed by atoms with Crippen LogP contribution in [0.2, 0.25) is 0 Å². The summed E-state index contributed by atoms with van der Waals surface area (Å²) in [5, 5.41) is 0. The largest absolute Gasteiger partial charge is 0.233 e. The van der Waals surface area contributed by atoms with Crippen LogP contribution in [0.4, 0.5) is 0 Å². The molecular weight excluding hydrogens is 112 g/mol. The van der Waals surface area contributed by atoms with Crippen LogP contribution in [0.15, 0.2) is 0 Å². The summed E-state index contributed by atoms with van der Waals surface area (Å²) in [6, 6.07) is 0.797.